The summed E-state index contributed by atoms with van der Waals surface area (Å²) >= 11 is 0. The van der Waals surface area contributed by atoms with Gasteiger partial charge in [-0.1, -0.05) is 91.0 Å². The van der Waals surface area contributed by atoms with Gasteiger partial charge in [0.05, 0.1) is 46.1 Å². The van der Waals surface area contributed by atoms with Crippen LogP contribution in [0.5, 0.6) is 11.5 Å². The third-order valence-corrected chi connectivity index (χ3v) is 16.5. The van der Waals surface area contributed by atoms with Gasteiger partial charge in [0.2, 0.25) is 0 Å². The molecule has 3 N–H and O–H groups in total. The maximum absolute atomic E-state index is 14.3. The molecule has 6 heterocycles. The van der Waals surface area contributed by atoms with Gasteiger partial charge in [0.15, 0.2) is 11.3 Å². The number of ether oxygens (including phenoxy) is 2. The average Bonchev–Trinajstić information content (AvgIpc) is 1.66. The molecule has 0 saturated heterocycles. The number of hydrogen-bond acceptors (Lipinski definition) is 14. The van der Waals surface area contributed by atoms with Crippen molar-refractivity contribution in [1.29, 1.82) is 0 Å². The number of halogens is 4. The fourth-order valence-corrected chi connectivity index (χ4v) is 12.1. The standard InChI is InChI=1S/C42H40F2N6O4S.C23H26F2N6O4S/c1-41(2,3)47-39(51)33-27-49(42(28-15-8-5-9-16-28,29-17-10-6-11-18-29)30-19-12-7-13-20-30)38-37(33)46-34(26-45-38)36-32-25-31(54-40(43)44)21-22-35(32)50(48-36)23-14-24-55(4,52)53;1-23(2,3)29-21(32)15-11-26-20-19(15)28-16(12-27-20)18-14-10-13(35-22(24)25)6-7-17(14)31(30-18)8-5-9-36(4,33)34/h5-13,15-22,25-27,40H,14,23-24H2,1-4H3,(H,47,51);6-7,10-12,22H,5,8-9H2,1-4H3,(H,26,27)(H,29,32). The Bertz CT molecular complexity index is 4610. The van der Waals surface area contributed by atoms with Crippen molar-refractivity contribution >= 4 is 75.6 Å². The second-order valence-electron chi connectivity index (χ2n) is 23.9. The number of nitrogens with one attached hydrogen (secondary N) is 3. The van der Waals surface area contributed by atoms with E-state index in [0.717, 1.165) is 22.9 Å². The molecule has 91 heavy (non-hydrogen) atoms. The second-order valence-corrected chi connectivity index (χ2v) is 28.5. The van der Waals surface area contributed by atoms with Crippen molar-refractivity contribution in [2.75, 3.05) is 24.0 Å². The van der Waals surface area contributed by atoms with E-state index in [0.29, 0.717) is 73.2 Å². The van der Waals surface area contributed by atoms with Crippen LogP contribution >= 0.6 is 0 Å². The van der Waals surface area contributed by atoms with Crippen molar-refractivity contribution in [3.05, 3.63) is 180 Å². The van der Waals surface area contributed by atoms with Crippen molar-refractivity contribution in [3.8, 4) is 34.3 Å². The van der Waals surface area contributed by atoms with Gasteiger partial charge in [-0.05, 0) is 107 Å². The molecule has 0 bridgehead atoms. The maximum atomic E-state index is 14.3. The minimum atomic E-state index is -3.24. The topological polar surface area (TPSA) is 253 Å². The summed E-state index contributed by atoms with van der Waals surface area (Å²) in [7, 11) is -6.41. The quantitative estimate of drug-likeness (QED) is 0.0474. The van der Waals surface area contributed by atoms with Gasteiger partial charge >= 0.3 is 13.2 Å². The first-order valence-electron chi connectivity index (χ1n) is 28.9. The minimum Gasteiger partial charge on any atom is -0.435 e. The normalized spacial score (nSPS) is 12.5. The molecular weight excluding hydrogens is 1220 g/mol. The number of carbonyl (C=O) groups excluding carboxylic acids is 2. The molecule has 5 aromatic carbocycles. The van der Waals surface area contributed by atoms with E-state index in [2.05, 4.69) is 35.4 Å². The lowest BCUT2D eigenvalue weighted by Gasteiger charge is -2.38. The Morgan fingerprint density at radius 3 is 1.41 bits per heavy atom. The molecule has 474 valence electrons. The smallest absolute Gasteiger partial charge is 0.387 e. The number of H-pyrrole nitrogens is 1. The molecule has 26 heteroatoms. The second kappa shape index (κ2) is 25.7. The first kappa shape index (κ1) is 64.4. The van der Waals surface area contributed by atoms with E-state index in [-0.39, 0.29) is 65.6 Å². The van der Waals surface area contributed by atoms with Gasteiger partial charge in [0, 0.05) is 59.8 Å². The summed E-state index contributed by atoms with van der Waals surface area (Å²) in [6.07, 6.45) is 9.24. The molecule has 0 aliphatic rings. The Labute approximate surface area is 521 Å². The number of nitrogens with zero attached hydrogens (tertiary/aromatic N) is 9. The molecule has 6 aromatic heterocycles. The predicted octanol–water partition coefficient (Wildman–Crippen LogP) is 11.4. The maximum Gasteiger partial charge on any atom is 0.387 e. The van der Waals surface area contributed by atoms with Crippen LogP contribution in [-0.2, 0) is 38.3 Å². The largest absolute Gasteiger partial charge is 0.435 e. The summed E-state index contributed by atoms with van der Waals surface area (Å²) in [6, 6.07) is 38.8. The van der Waals surface area contributed by atoms with Gasteiger partial charge < -0.3 is 29.7 Å². The fourth-order valence-electron chi connectivity index (χ4n) is 10.8. The van der Waals surface area contributed by atoms with Gasteiger partial charge in [-0.2, -0.15) is 27.8 Å². The van der Waals surface area contributed by atoms with Gasteiger partial charge in [-0.25, -0.2) is 36.8 Å². The molecule has 0 fully saturated rings. The van der Waals surface area contributed by atoms with Gasteiger partial charge in [-0.15, -0.1) is 0 Å². The van der Waals surface area contributed by atoms with E-state index in [4.69, 9.17) is 19.8 Å². The van der Waals surface area contributed by atoms with Crippen LogP contribution in [0.1, 0.15) is 91.8 Å². The highest BCUT2D eigenvalue weighted by Crippen LogP contribution is 2.44. The van der Waals surface area contributed by atoms with E-state index in [1.54, 1.807) is 33.9 Å². The first-order valence-corrected chi connectivity index (χ1v) is 33.0. The highest BCUT2D eigenvalue weighted by Gasteiger charge is 2.41. The molecule has 11 rings (SSSR count). The van der Waals surface area contributed by atoms with Gasteiger partial charge in [0.1, 0.15) is 70.5 Å². The number of rotatable bonds is 20. The summed E-state index contributed by atoms with van der Waals surface area (Å²) < 4.78 is 114. The number of aromatic amines is 1. The number of alkyl halides is 4. The van der Waals surface area contributed by atoms with Crippen LogP contribution < -0.4 is 20.1 Å². The SMILES string of the molecule is CC(C)(C)NC(=O)c1c[nH]c2ncc(-c3nn(CCCS(C)(=O)=O)c4ccc(OC(F)F)cc34)nc12.CC(C)(C)NC(=O)c1cn(C(c2ccccc2)(c2ccccc2)c2ccccc2)c2ncc(-c3nn(CCCS(C)(=O)=O)c4ccc(OC(F)F)cc34)nc12. The fraction of sp³-hybridized carbons (Fsp3) is 0.292. The summed E-state index contributed by atoms with van der Waals surface area (Å²) in [4.78, 5) is 49.1. The number of benzene rings is 5. The molecule has 20 nitrogen and oxygen atoms in total. The Hall–Kier alpha value is -9.56. The highest BCUT2D eigenvalue weighted by atomic mass is 32.2. The molecule has 2 amide bonds. The molecule has 0 saturated carbocycles. The van der Waals surface area contributed by atoms with Crippen molar-refractivity contribution in [2.45, 2.75) is 97.3 Å². The number of carbonyl (C=O) groups is 2. The highest BCUT2D eigenvalue weighted by molar-refractivity contribution is 7.90. The lowest BCUT2D eigenvalue weighted by Crippen LogP contribution is -2.40. The van der Waals surface area contributed by atoms with Crippen LogP contribution in [-0.4, -0.2) is 126 Å². The van der Waals surface area contributed by atoms with Crippen molar-refractivity contribution in [2.24, 2.45) is 0 Å². The predicted molar refractivity (Wildman–Crippen MR) is 340 cm³/mol. The average molecular weight is 1280 g/mol. The van der Waals surface area contributed by atoms with E-state index in [1.807, 2.05) is 137 Å². The first-order chi connectivity index (χ1) is 43.0. The van der Waals surface area contributed by atoms with Crippen LogP contribution in [0.25, 0.3) is 66.9 Å². The van der Waals surface area contributed by atoms with Crippen LogP contribution in [0.3, 0.4) is 0 Å². The van der Waals surface area contributed by atoms with Crippen molar-refractivity contribution in [3.63, 3.8) is 0 Å². The van der Waals surface area contributed by atoms with Crippen molar-refractivity contribution < 1.29 is 53.5 Å². The number of fused-ring (bicyclic) bond motifs is 4. The number of aromatic nitrogens is 10. The summed E-state index contributed by atoms with van der Waals surface area (Å²) in [5.74, 6) is -0.928. The lowest BCUT2D eigenvalue weighted by molar-refractivity contribution is -0.0504. The third kappa shape index (κ3) is 14.7. The number of aryl methyl sites for hydroxylation is 2. The molecule has 0 unspecified atom stereocenters. The zero-order valence-corrected chi connectivity index (χ0v) is 52.6. The van der Waals surface area contributed by atoms with Crippen LogP contribution in [0.15, 0.2) is 152 Å². The Kier molecular flexibility index (Phi) is 18.2. The zero-order chi connectivity index (χ0) is 65.2. The van der Waals surface area contributed by atoms with E-state index in [1.165, 1.54) is 42.9 Å². The number of hydrogen-bond donors (Lipinski definition) is 3. The van der Waals surface area contributed by atoms with Crippen LogP contribution in [0, 0.1) is 0 Å². The van der Waals surface area contributed by atoms with Gasteiger partial charge in [-0.3, -0.25) is 19.0 Å². The van der Waals surface area contributed by atoms with E-state index < -0.39 is 49.5 Å². The summed E-state index contributed by atoms with van der Waals surface area (Å²) in [5.41, 5.74) is 5.07. The summed E-state index contributed by atoms with van der Waals surface area (Å²) in [6.45, 7) is 5.71. The van der Waals surface area contributed by atoms with E-state index >= 15 is 0 Å². The third-order valence-electron chi connectivity index (χ3n) is 14.4. The molecule has 0 radical (unpaired) electrons. The molecule has 0 atom stereocenters. The molecule has 11 aromatic rings. The molecule has 0 aliphatic carbocycles. The Morgan fingerprint density at radius 2 is 0.989 bits per heavy atom. The summed E-state index contributed by atoms with van der Waals surface area (Å²) in [5, 5.41) is 16.3. The molecule has 0 aliphatic heterocycles. The lowest BCUT2D eigenvalue weighted by atomic mass is 9.76. The van der Waals surface area contributed by atoms with Crippen LogP contribution in [0.2, 0.25) is 0 Å². The number of sulfone groups is 2. The molecule has 0 spiro atoms. The van der Waals surface area contributed by atoms with Gasteiger partial charge in [0.25, 0.3) is 11.8 Å². The minimum absolute atomic E-state index is 0.0301. The Balaban J connectivity index is 0.000000219. The monoisotopic (exact) mass is 1280 g/mol. The van der Waals surface area contributed by atoms with Crippen LogP contribution in [0.4, 0.5) is 17.6 Å². The van der Waals surface area contributed by atoms with Crippen molar-refractivity contribution in [1.82, 2.24) is 59.7 Å². The number of amides is 2. The van der Waals surface area contributed by atoms with E-state index in [9.17, 15) is 44.0 Å². The Morgan fingerprint density at radius 1 is 0.571 bits per heavy atom. The zero-order valence-electron chi connectivity index (χ0n) is 51.0. The molecular formula is C65H66F4N12O8S2.